The van der Waals surface area contributed by atoms with Crippen molar-refractivity contribution in [3.05, 3.63) is 76.9 Å². The van der Waals surface area contributed by atoms with Crippen molar-refractivity contribution in [3.63, 3.8) is 0 Å². The Morgan fingerprint density at radius 2 is 1.93 bits per heavy atom. The van der Waals surface area contributed by atoms with Gasteiger partial charge in [-0.15, -0.1) is 0 Å². The summed E-state index contributed by atoms with van der Waals surface area (Å²) in [7, 11) is 2.37. The SMILES string of the molecule is CN=Cc1cc(C)ccc1Pc1cc(C)cc(C)c1OCC1C=CC=CC1. The lowest BCUT2D eigenvalue weighted by atomic mass is 10.0. The Morgan fingerprint density at radius 1 is 1.07 bits per heavy atom. The zero-order chi connectivity index (χ0) is 19.2. The lowest BCUT2D eigenvalue weighted by Crippen LogP contribution is -2.17. The first kappa shape index (κ1) is 19.6. The predicted octanol–water partition coefficient (Wildman–Crippen LogP) is 4.80. The molecule has 0 heterocycles. The van der Waals surface area contributed by atoms with Gasteiger partial charge >= 0.3 is 0 Å². The first-order valence-electron chi connectivity index (χ1n) is 9.44. The molecule has 2 aromatic rings. The highest BCUT2D eigenvalue weighted by molar-refractivity contribution is 7.56. The molecule has 3 rings (SSSR count). The van der Waals surface area contributed by atoms with Crippen molar-refractivity contribution in [2.24, 2.45) is 10.9 Å². The van der Waals surface area contributed by atoms with E-state index in [1.54, 1.807) is 0 Å². The van der Waals surface area contributed by atoms with Crippen molar-refractivity contribution in [3.8, 4) is 5.75 Å². The van der Waals surface area contributed by atoms with Crippen LogP contribution in [-0.2, 0) is 0 Å². The minimum absolute atomic E-state index is 0.453. The molecule has 0 saturated heterocycles. The molecule has 2 aromatic carbocycles. The Bertz CT molecular complexity index is 895. The Morgan fingerprint density at radius 3 is 2.67 bits per heavy atom. The second kappa shape index (κ2) is 9.15. The van der Waals surface area contributed by atoms with Gasteiger partial charge in [0, 0.05) is 30.0 Å². The van der Waals surface area contributed by atoms with E-state index in [4.69, 9.17) is 4.74 Å². The van der Waals surface area contributed by atoms with Gasteiger partial charge in [-0.2, -0.15) is 0 Å². The fourth-order valence-corrected chi connectivity index (χ4v) is 4.79. The summed E-state index contributed by atoms with van der Waals surface area (Å²) < 4.78 is 6.35. The number of aryl methyl sites for hydroxylation is 3. The molecular formula is C24H28NOP. The van der Waals surface area contributed by atoms with Gasteiger partial charge in [0.1, 0.15) is 5.75 Å². The summed E-state index contributed by atoms with van der Waals surface area (Å²) >= 11 is 0. The second-order valence-electron chi connectivity index (χ2n) is 7.18. The molecule has 0 fully saturated rings. The summed E-state index contributed by atoms with van der Waals surface area (Å²) in [6, 6.07) is 11.1. The quantitative estimate of drug-likeness (QED) is 0.523. The molecule has 1 aliphatic rings. The van der Waals surface area contributed by atoms with Gasteiger partial charge in [-0.1, -0.05) is 56.6 Å². The molecule has 0 N–H and O–H groups in total. The first-order chi connectivity index (χ1) is 13.1. The molecular weight excluding hydrogens is 349 g/mol. The van der Waals surface area contributed by atoms with Crippen molar-refractivity contribution >= 4 is 25.4 Å². The van der Waals surface area contributed by atoms with Gasteiger partial charge in [-0.3, -0.25) is 4.99 Å². The van der Waals surface area contributed by atoms with E-state index in [-0.39, 0.29) is 0 Å². The number of ether oxygens (including phenoxy) is 1. The Kier molecular flexibility index (Phi) is 6.63. The molecule has 0 amide bonds. The third-order valence-corrected chi connectivity index (χ3v) is 6.04. The highest BCUT2D eigenvalue weighted by Crippen LogP contribution is 2.27. The van der Waals surface area contributed by atoms with E-state index in [2.05, 4.69) is 80.4 Å². The van der Waals surface area contributed by atoms with Crippen LogP contribution < -0.4 is 15.3 Å². The van der Waals surface area contributed by atoms with E-state index < -0.39 is 0 Å². The van der Waals surface area contributed by atoms with E-state index >= 15 is 0 Å². The topological polar surface area (TPSA) is 21.6 Å². The number of hydrogen-bond acceptors (Lipinski definition) is 2. The third kappa shape index (κ3) is 5.17. The van der Waals surface area contributed by atoms with Gasteiger partial charge < -0.3 is 4.74 Å². The maximum atomic E-state index is 6.35. The summed E-state index contributed by atoms with van der Waals surface area (Å²) in [6.07, 6.45) is 11.7. The van der Waals surface area contributed by atoms with Crippen molar-refractivity contribution in [2.45, 2.75) is 27.2 Å². The van der Waals surface area contributed by atoms with Gasteiger partial charge in [0.05, 0.1) is 6.61 Å². The summed E-state index contributed by atoms with van der Waals surface area (Å²) in [4.78, 5) is 4.24. The van der Waals surface area contributed by atoms with Crippen molar-refractivity contribution in [1.29, 1.82) is 0 Å². The summed E-state index contributed by atoms with van der Waals surface area (Å²) in [5, 5.41) is 2.58. The summed E-state index contributed by atoms with van der Waals surface area (Å²) in [5.74, 6) is 1.50. The maximum absolute atomic E-state index is 6.35. The average Bonchev–Trinajstić information content (AvgIpc) is 2.64. The van der Waals surface area contributed by atoms with Crippen LogP contribution >= 0.6 is 8.58 Å². The van der Waals surface area contributed by atoms with E-state index in [1.807, 2.05) is 13.3 Å². The van der Waals surface area contributed by atoms with Crippen LogP contribution in [0.2, 0.25) is 0 Å². The number of hydrogen-bond donors (Lipinski definition) is 0. The van der Waals surface area contributed by atoms with Crippen LogP contribution in [-0.4, -0.2) is 19.9 Å². The van der Waals surface area contributed by atoms with E-state index in [1.165, 1.54) is 32.9 Å². The Labute approximate surface area is 164 Å². The molecule has 1 aliphatic carbocycles. The Balaban J connectivity index is 1.88. The molecule has 2 atom stereocenters. The molecule has 0 radical (unpaired) electrons. The zero-order valence-corrected chi connectivity index (χ0v) is 17.6. The van der Waals surface area contributed by atoms with Crippen molar-refractivity contribution in [2.75, 3.05) is 13.7 Å². The van der Waals surface area contributed by atoms with Crippen molar-refractivity contribution < 1.29 is 4.74 Å². The minimum atomic E-state index is 0.453. The standard InChI is InChI=1S/C24H28NOP/c1-17-10-11-22(21(13-17)15-25-4)27-23-14-18(2)12-19(3)24(23)26-16-20-8-6-5-7-9-20/h5-8,10-15,20,27H,9,16H2,1-4H3. The Hall–Kier alpha value is -2.18. The van der Waals surface area contributed by atoms with Crippen LogP contribution in [0.15, 0.2) is 59.6 Å². The van der Waals surface area contributed by atoms with Gasteiger partial charge in [-0.25, -0.2) is 0 Å². The lowest BCUT2D eigenvalue weighted by molar-refractivity contribution is 0.276. The van der Waals surface area contributed by atoms with Crippen LogP contribution in [0.1, 0.15) is 28.7 Å². The maximum Gasteiger partial charge on any atom is 0.129 e. The third-order valence-electron chi connectivity index (χ3n) is 4.67. The smallest absolute Gasteiger partial charge is 0.129 e. The first-order valence-corrected chi connectivity index (χ1v) is 10.4. The minimum Gasteiger partial charge on any atom is -0.492 e. The fraction of sp³-hybridized carbons (Fsp3) is 0.292. The predicted molar refractivity (Wildman–Crippen MR) is 120 cm³/mol. The molecule has 3 heteroatoms. The van der Waals surface area contributed by atoms with Crippen LogP contribution in [0.25, 0.3) is 0 Å². The summed E-state index contributed by atoms with van der Waals surface area (Å²) in [5.41, 5.74) is 4.94. The number of nitrogens with zero attached hydrogens (tertiary/aromatic N) is 1. The second-order valence-corrected chi connectivity index (χ2v) is 8.51. The summed E-state index contributed by atoms with van der Waals surface area (Å²) in [6.45, 7) is 7.15. The van der Waals surface area contributed by atoms with Gasteiger partial charge in [0.25, 0.3) is 0 Å². The van der Waals surface area contributed by atoms with Crippen molar-refractivity contribution in [1.82, 2.24) is 0 Å². The molecule has 0 aliphatic heterocycles. The largest absolute Gasteiger partial charge is 0.492 e. The number of allylic oxidation sites excluding steroid dienone is 3. The molecule has 0 spiro atoms. The average molecular weight is 377 g/mol. The van der Waals surface area contributed by atoms with E-state index in [0.29, 0.717) is 14.5 Å². The van der Waals surface area contributed by atoms with E-state index in [9.17, 15) is 0 Å². The van der Waals surface area contributed by atoms with Gasteiger partial charge in [0.15, 0.2) is 0 Å². The molecule has 0 saturated carbocycles. The molecule has 140 valence electrons. The highest BCUT2D eigenvalue weighted by Gasteiger charge is 2.14. The monoisotopic (exact) mass is 377 g/mol. The molecule has 0 aromatic heterocycles. The van der Waals surface area contributed by atoms with E-state index in [0.717, 1.165) is 18.8 Å². The van der Waals surface area contributed by atoms with Crippen LogP contribution in [0.5, 0.6) is 5.75 Å². The number of rotatable bonds is 6. The van der Waals surface area contributed by atoms with Crippen LogP contribution in [0.3, 0.4) is 0 Å². The van der Waals surface area contributed by atoms with Gasteiger partial charge in [-0.05, 0) is 55.8 Å². The molecule has 2 unspecified atom stereocenters. The number of benzene rings is 2. The fourth-order valence-electron chi connectivity index (χ4n) is 3.37. The highest BCUT2D eigenvalue weighted by atomic mass is 31.1. The number of aliphatic imine (C=N–C) groups is 1. The van der Waals surface area contributed by atoms with Gasteiger partial charge in [0.2, 0.25) is 0 Å². The normalized spacial score (nSPS) is 16.7. The molecule has 27 heavy (non-hydrogen) atoms. The molecule has 2 nitrogen and oxygen atoms in total. The lowest BCUT2D eigenvalue weighted by Gasteiger charge is -2.19. The van der Waals surface area contributed by atoms with Crippen LogP contribution in [0, 0.1) is 26.7 Å². The zero-order valence-electron chi connectivity index (χ0n) is 16.6. The van der Waals surface area contributed by atoms with Crippen LogP contribution in [0.4, 0.5) is 0 Å². The molecule has 0 bridgehead atoms.